The van der Waals surface area contributed by atoms with Gasteiger partial charge in [0.2, 0.25) is 0 Å². The van der Waals surface area contributed by atoms with Crippen molar-refractivity contribution >= 4 is 17.2 Å². The van der Waals surface area contributed by atoms with E-state index in [1.54, 1.807) is 37.6 Å². The number of methoxy groups -OCH3 is 1. The standard InChI is InChI=1S/C15H18N2O3S/c1-3-12(15-16-7-8-21-15)17-14(19)13(18)10-5-4-6-11(9-10)20-2/h4-9,12-13,18H,3H2,1-2H3,(H,17,19). The summed E-state index contributed by atoms with van der Waals surface area (Å²) in [7, 11) is 1.54. The van der Waals surface area contributed by atoms with E-state index in [9.17, 15) is 9.90 Å². The van der Waals surface area contributed by atoms with Crippen molar-refractivity contribution in [2.75, 3.05) is 7.11 Å². The first kappa shape index (κ1) is 15.5. The number of aliphatic hydroxyl groups excluding tert-OH is 1. The highest BCUT2D eigenvalue weighted by atomic mass is 32.1. The van der Waals surface area contributed by atoms with Crippen LogP contribution in [0.4, 0.5) is 0 Å². The predicted molar refractivity (Wildman–Crippen MR) is 81.2 cm³/mol. The Morgan fingerprint density at radius 2 is 2.33 bits per heavy atom. The van der Waals surface area contributed by atoms with Crippen molar-refractivity contribution in [3.63, 3.8) is 0 Å². The fourth-order valence-corrected chi connectivity index (χ4v) is 2.73. The average molecular weight is 306 g/mol. The topological polar surface area (TPSA) is 71.5 Å². The van der Waals surface area contributed by atoms with Gasteiger partial charge in [0.15, 0.2) is 6.10 Å². The summed E-state index contributed by atoms with van der Waals surface area (Å²) >= 11 is 1.48. The van der Waals surface area contributed by atoms with Gasteiger partial charge in [-0.05, 0) is 24.1 Å². The van der Waals surface area contributed by atoms with E-state index in [1.807, 2.05) is 12.3 Å². The summed E-state index contributed by atoms with van der Waals surface area (Å²) in [5.41, 5.74) is 0.501. The molecule has 0 fully saturated rings. The Hall–Kier alpha value is -1.92. The molecule has 2 atom stereocenters. The second-order valence-electron chi connectivity index (χ2n) is 4.52. The smallest absolute Gasteiger partial charge is 0.254 e. The number of nitrogens with one attached hydrogen (secondary N) is 1. The highest BCUT2D eigenvalue weighted by Gasteiger charge is 2.22. The van der Waals surface area contributed by atoms with Crippen molar-refractivity contribution in [2.45, 2.75) is 25.5 Å². The molecule has 5 nitrogen and oxygen atoms in total. The van der Waals surface area contributed by atoms with Crippen LogP contribution in [0.2, 0.25) is 0 Å². The van der Waals surface area contributed by atoms with Gasteiger partial charge in [0, 0.05) is 11.6 Å². The number of benzene rings is 1. The molecular formula is C15H18N2O3S. The minimum Gasteiger partial charge on any atom is -0.497 e. The molecule has 1 aromatic carbocycles. The SMILES string of the molecule is CCC(NC(=O)C(O)c1cccc(OC)c1)c1nccs1. The minimum absolute atomic E-state index is 0.183. The quantitative estimate of drug-likeness (QED) is 0.860. The van der Waals surface area contributed by atoms with Gasteiger partial charge in [-0.15, -0.1) is 11.3 Å². The summed E-state index contributed by atoms with van der Waals surface area (Å²) < 4.78 is 5.09. The molecule has 2 unspecified atom stereocenters. The van der Waals surface area contributed by atoms with E-state index < -0.39 is 12.0 Å². The number of carbonyl (C=O) groups excluding carboxylic acids is 1. The van der Waals surface area contributed by atoms with Crippen LogP contribution in [0.25, 0.3) is 0 Å². The Morgan fingerprint density at radius 1 is 1.52 bits per heavy atom. The first-order valence-corrected chi connectivity index (χ1v) is 7.55. The number of thiazole rings is 1. The van der Waals surface area contributed by atoms with Crippen molar-refractivity contribution in [3.05, 3.63) is 46.4 Å². The molecule has 2 aromatic rings. The molecule has 2 rings (SSSR count). The van der Waals surface area contributed by atoms with E-state index in [1.165, 1.54) is 11.3 Å². The largest absolute Gasteiger partial charge is 0.497 e. The maximum Gasteiger partial charge on any atom is 0.254 e. The Kier molecular flexibility index (Phi) is 5.30. The normalized spacial score (nSPS) is 13.5. The van der Waals surface area contributed by atoms with Gasteiger partial charge in [-0.1, -0.05) is 19.1 Å². The third-order valence-corrected chi connectivity index (χ3v) is 4.02. The molecule has 1 heterocycles. The third kappa shape index (κ3) is 3.80. The lowest BCUT2D eigenvalue weighted by molar-refractivity contribution is -0.130. The van der Waals surface area contributed by atoms with Gasteiger partial charge >= 0.3 is 0 Å². The van der Waals surface area contributed by atoms with E-state index in [2.05, 4.69) is 10.3 Å². The molecule has 0 spiro atoms. The first-order chi connectivity index (χ1) is 10.2. The van der Waals surface area contributed by atoms with Gasteiger partial charge in [-0.3, -0.25) is 4.79 Å². The Morgan fingerprint density at radius 3 is 2.95 bits per heavy atom. The Balaban J connectivity index is 2.08. The number of aliphatic hydroxyl groups is 1. The maximum absolute atomic E-state index is 12.2. The van der Waals surface area contributed by atoms with Crippen LogP contribution in [0.1, 0.15) is 36.1 Å². The number of hydrogen-bond donors (Lipinski definition) is 2. The van der Waals surface area contributed by atoms with Crippen LogP contribution in [-0.2, 0) is 4.79 Å². The summed E-state index contributed by atoms with van der Waals surface area (Å²) in [6, 6.07) is 6.66. The predicted octanol–water partition coefficient (Wildman–Crippen LogP) is 2.45. The molecule has 6 heteroatoms. The fraction of sp³-hybridized carbons (Fsp3) is 0.333. The zero-order chi connectivity index (χ0) is 15.2. The fourth-order valence-electron chi connectivity index (χ4n) is 1.96. The van der Waals surface area contributed by atoms with Crippen molar-refractivity contribution < 1.29 is 14.6 Å². The summed E-state index contributed by atoms with van der Waals surface area (Å²) in [5.74, 6) is 0.164. The maximum atomic E-state index is 12.2. The molecule has 0 saturated carbocycles. The van der Waals surface area contributed by atoms with Crippen LogP contribution in [0.15, 0.2) is 35.8 Å². The number of carbonyl (C=O) groups is 1. The highest BCUT2D eigenvalue weighted by molar-refractivity contribution is 7.09. The highest BCUT2D eigenvalue weighted by Crippen LogP contribution is 2.22. The average Bonchev–Trinajstić information content (AvgIpc) is 3.05. The van der Waals surface area contributed by atoms with Crippen molar-refractivity contribution in [2.24, 2.45) is 0 Å². The molecule has 0 aliphatic carbocycles. The van der Waals surface area contributed by atoms with E-state index >= 15 is 0 Å². The molecular weight excluding hydrogens is 288 g/mol. The van der Waals surface area contributed by atoms with Gasteiger partial charge < -0.3 is 15.2 Å². The van der Waals surface area contributed by atoms with Crippen LogP contribution in [0, 0.1) is 0 Å². The molecule has 0 radical (unpaired) electrons. The minimum atomic E-state index is -1.23. The number of nitrogens with zero attached hydrogens (tertiary/aromatic N) is 1. The molecule has 1 aromatic heterocycles. The Labute approximate surface area is 127 Å². The van der Waals surface area contributed by atoms with Crippen LogP contribution in [-0.4, -0.2) is 23.1 Å². The lowest BCUT2D eigenvalue weighted by Crippen LogP contribution is -2.32. The number of aromatic nitrogens is 1. The second-order valence-corrected chi connectivity index (χ2v) is 5.45. The summed E-state index contributed by atoms with van der Waals surface area (Å²) in [6.07, 6.45) is 1.19. The van der Waals surface area contributed by atoms with Crippen LogP contribution >= 0.6 is 11.3 Å². The van der Waals surface area contributed by atoms with Crippen molar-refractivity contribution in [1.82, 2.24) is 10.3 Å². The van der Waals surface area contributed by atoms with Gasteiger partial charge in [-0.25, -0.2) is 4.98 Å². The monoisotopic (exact) mass is 306 g/mol. The van der Waals surface area contributed by atoms with Crippen molar-refractivity contribution in [3.8, 4) is 5.75 Å². The van der Waals surface area contributed by atoms with E-state index in [-0.39, 0.29) is 6.04 Å². The summed E-state index contributed by atoms with van der Waals surface area (Å²) in [6.45, 7) is 1.96. The molecule has 112 valence electrons. The van der Waals surface area contributed by atoms with Gasteiger partial charge in [0.1, 0.15) is 10.8 Å². The lowest BCUT2D eigenvalue weighted by atomic mass is 10.1. The third-order valence-electron chi connectivity index (χ3n) is 3.13. The van der Waals surface area contributed by atoms with E-state index in [0.717, 1.165) is 5.01 Å². The van der Waals surface area contributed by atoms with Gasteiger partial charge in [0.25, 0.3) is 5.91 Å². The molecule has 0 saturated heterocycles. The lowest BCUT2D eigenvalue weighted by Gasteiger charge is -2.18. The Bertz CT molecular complexity index is 586. The first-order valence-electron chi connectivity index (χ1n) is 6.67. The van der Waals surface area contributed by atoms with E-state index in [0.29, 0.717) is 17.7 Å². The second kappa shape index (κ2) is 7.19. The molecule has 0 bridgehead atoms. The molecule has 2 N–H and O–H groups in total. The van der Waals surface area contributed by atoms with E-state index in [4.69, 9.17) is 4.74 Å². The number of amides is 1. The summed E-state index contributed by atoms with van der Waals surface area (Å²) in [4.78, 5) is 16.4. The molecule has 0 aliphatic heterocycles. The van der Waals surface area contributed by atoms with Crippen LogP contribution < -0.4 is 10.1 Å². The van der Waals surface area contributed by atoms with Crippen LogP contribution in [0.3, 0.4) is 0 Å². The van der Waals surface area contributed by atoms with Crippen LogP contribution in [0.5, 0.6) is 5.75 Å². The van der Waals surface area contributed by atoms with Gasteiger partial charge in [0.05, 0.1) is 13.2 Å². The van der Waals surface area contributed by atoms with Gasteiger partial charge in [-0.2, -0.15) is 0 Å². The molecule has 0 aliphatic rings. The summed E-state index contributed by atoms with van der Waals surface area (Å²) in [5, 5.41) is 15.7. The number of rotatable bonds is 6. The molecule has 1 amide bonds. The number of ether oxygens (including phenoxy) is 1. The molecule has 21 heavy (non-hydrogen) atoms. The zero-order valence-electron chi connectivity index (χ0n) is 11.9. The van der Waals surface area contributed by atoms with Crippen molar-refractivity contribution in [1.29, 1.82) is 0 Å². The zero-order valence-corrected chi connectivity index (χ0v) is 12.8. The number of hydrogen-bond acceptors (Lipinski definition) is 5.